The molecule has 31 heavy (non-hydrogen) atoms. The van der Waals surface area contributed by atoms with Crippen LogP contribution in [0.3, 0.4) is 0 Å². The molecule has 3 aliphatic rings. The zero-order valence-electron chi connectivity index (χ0n) is 18.5. The van der Waals surface area contributed by atoms with Crippen molar-refractivity contribution >= 4 is 17.4 Å². The highest BCUT2D eigenvalue weighted by Crippen LogP contribution is 2.32. The first kappa shape index (κ1) is 21.5. The van der Waals surface area contributed by atoms with E-state index in [4.69, 9.17) is 4.98 Å². The Morgan fingerprint density at radius 1 is 1.13 bits per heavy atom. The van der Waals surface area contributed by atoms with Crippen LogP contribution < -0.4 is 4.90 Å². The monoisotopic (exact) mass is 422 g/mol. The van der Waals surface area contributed by atoms with Crippen molar-refractivity contribution in [3.8, 4) is 0 Å². The molecule has 0 unspecified atom stereocenters. The Labute approximate surface area is 184 Å². The van der Waals surface area contributed by atoms with Crippen molar-refractivity contribution in [3.05, 3.63) is 59.4 Å². The first-order chi connectivity index (χ1) is 15.1. The fraction of sp³-hybridized carbons (Fsp3) is 0.480. The molecule has 1 saturated heterocycles. The highest BCUT2D eigenvalue weighted by molar-refractivity contribution is 6.00. The number of piperidine rings is 1. The largest absolute Gasteiger partial charge is 0.341 e. The average molecular weight is 423 g/mol. The van der Waals surface area contributed by atoms with Crippen molar-refractivity contribution in [2.45, 2.75) is 64.8 Å². The van der Waals surface area contributed by atoms with E-state index in [1.165, 1.54) is 6.42 Å². The van der Waals surface area contributed by atoms with E-state index < -0.39 is 0 Å². The van der Waals surface area contributed by atoms with Gasteiger partial charge in [0.05, 0.1) is 11.3 Å². The number of hydrogen-bond donors (Lipinski definition) is 0. The van der Waals surface area contributed by atoms with E-state index in [1.807, 2.05) is 32.1 Å². The molecule has 2 aliphatic carbocycles. The standard InChI is InChI=1S/C25H31FN4O/c1-18(2)30(19-11-5-3-6-12-19)24(31)21-17-27-25(29-15-9-4-10-16-29)28-23(21)20-13-7-8-14-22(20)26/h3,5,7,11,13,17-18H,4,6,8-10,12,14-16H2,1-2H3. The fourth-order valence-electron chi connectivity index (χ4n) is 4.44. The SMILES string of the molecule is CC(C)N(C(=O)c1cnc(N2CCCCC2)nc1C1=C(F)CCC=C1)C1=CC=CCC1. The molecule has 0 radical (unpaired) electrons. The summed E-state index contributed by atoms with van der Waals surface area (Å²) in [4.78, 5) is 27.0. The van der Waals surface area contributed by atoms with Gasteiger partial charge in [0.15, 0.2) is 0 Å². The number of carbonyl (C=O) groups is 1. The van der Waals surface area contributed by atoms with Crippen LogP contribution in [0.2, 0.25) is 0 Å². The Hall–Kier alpha value is -2.76. The molecule has 164 valence electrons. The second kappa shape index (κ2) is 9.58. The Balaban J connectivity index is 1.78. The van der Waals surface area contributed by atoms with Gasteiger partial charge in [0.1, 0.15) is 5.83 Å². The molecule has 6 heteroatoms. The molecule has 1 amide bonds. The maximum absolute atomic E-state index is 14.9. The Bertz CT molecular complexity index is 954. The van der Waals surface area contributed by atoms with E-state index in [0.29, 0.717) is 35.6 Å². The molecule has 0 saturated carbocycles. The van der Waals surface area contributed by atoms with E-state index >= 15 is 0 Å². The first-order valence-corrected chi connectivity index (χ1v) is 11.4. The van der Waals surface area contributed by atoms with Gasteiger partial charge in [0, 0.05) is 43.0 Å². The molecular weight excluding hydrogens is 391 g/mol. The fourth-order valence-corrected chi connectivity index (χ4v) is 4.44. The zero-order chi connectivity index (χ0) is 21.8. The third kappa shape index (κ3) is 4.63. The molecule has 2 heterocycles. The third-order valence-corrected chi connectivity index (χ3v) is 6.04. The van der Waals surface area contributed by atoms with Gasteiger partial charge in [-0.2, -0.15) is 0 Å². The molecule has 1 fully saturated rings. The van der Waals surface area contributed by atoms with Gasteiger partial charge >= 0.3 is 0 Å². The minimum Gasteiger partial charge on any atom is -0.341 e. The van der Waals surface area contributed by atoms with Gasteiger partial charge in [-0.25, -0.2) is 14.4 Å². The summed E-state index contributed by atoms with van der Waals surface area (Å²) in [6, 6.07) is -0.0272. The predicted octanol–water partition coefficient (Wildman–Crippen LogP) is 5.58. The topological polar surface area (TPSA) is 49.3 Å². The number of rotatable bonds is 5. The van der Waals surface area contributed by atoms with Gasteiger partial charge in [-0.05, 0) is 58.4 Å². The second-order valence-electron chi connectivity index (χ2n) is 8.63. The summed E-state index contributed by atoms with van der Waals surface area (Å²) in [7, 11) is 0. The van der Waals surface area contributed by atoms with Crippen LogP contribution in [0.5, 0.6) is 0 Å². The lowest BCUT2D eigenvalue weighted by Crippen LogP contribution is -2.37. The van der Waals surface area contributed by atoms with Crippen LogP contribution in [0.25, 0.3) is 5.57 Å². The summed E-state index contributed by atoms with van der Waals surface area (Å²) in [6.07, 6.45) is 17.5. The molecule has 5 nitrogen and oxygen atoms in total. The summed E-state index contributed by atoms with van der Waals surface area (Å²) < 4.78 is 14.9. The molecule has 1 aromatic rings. The Morgan fingerprint density at radius 2 is 1.90 bits per heavy atom. The summed E-state index contributed by atoms with van der Waals surface area (Å²) in [5.41, 5.74) is 2.16. The molecule has 0 bridgehead atoms. The summed E-state index contributed by atoms with van der Waals surface area (Å²) in [6.45, 7) is 5.78. The Kier molecular flexibility index (Phi) is 6.64. The van der Waals surface area contributed by atoms with Crippen molar-refractivity contribution in [1.82, 2.24) is 14.9 Å². The minimum absolute atomic E-state index is 0.0272. The number of hydrogen-bond acceptors (Lipinski definition) is 4. The van der Waals surface area contributed by atoms with Crippen molar-refractivity contribution in [1.29, 1.82) is 0 Å². The van der Waals surface area contributed by atoms with Gasteiger partial charge in [-0.1, -0.05) is 24.3 Å². The maximum atomic E-state index is 14.9. The highest BCUT2D eigenvalue weighted by Gasteiger charge is 2.29. The maximum Gasteiger partial charge on any atom is 0.262 e. The number of nitrogens with zero attached hydrogens (tertiary/aromatic N) is 4. The van der Waals surface area contributed by atoms with Crippen molar-refractivity contribution in [2.24, 2.45) is 0 Å². The number of carbonyl (C=O) groups excluding carboxylic acids is 1. The Morgan fingerprint density at radius 3 is 2.58 bits per heavy atom. The van der Waals surface area contributed by atoms with Gasteiger partial charge in [0.25, 0.3) is 5.91 Å². The molecule has 1 aromatic heterocycles. The highest BCUT2D eigenvalue weighted by atomic mass is 19.1. The lowest BCUT2D eigenvalue weighted by Gasteiger charge is -2.31. The van der Waals surface area contributed by atoms with Gasteiger partial charge < -0.3 is 9.80 Å². The van der Waals surface area contributed by atoms with Crippen LogP contribution in [0.4, 0.5) is 10.3 Å². The van der Waals surface area contributed by atoms with Crippen LogP contribution in [0, 0.1) is 0 Å². The molecule has 0 atom stereocenters. The third-order valence-electron chi connectivity index (χ3n) is 6.04. The quantitative estimate of drug-likeness (QED) is 0.621. The molecule has 1 aliphatic heterocycles. The van der Waals surface area contributed by atoms with Crippen molar-refractivity contribution in [3.63, 3.8) is 0 Å². The van der Waals surface area contributed by atoms with Crippen LogP contribution in [0.1, 0.15) is 74.8 Å². The zero-order valence-corrected chi connectivity index (χ0v) is 18.5. The van der Waals surface area contributed by atoms with E-state index in [-0.39, 0.29) is 17.8 Å². The predicted molar refractivity (Wildman–Crippen MR) is 122 cm³/mol. The van der Waals surface area contributed by atoms with Gasteiger partial charge in [0.2, 0.25) is 5.95 Å². The lowest BCUT2D eigenvalue weighted by atomic mass is 9.98. The number of amides is 1. The summed E-state index contributed by atoms with van der Waals surface area (Å²) in [5.74, 6) is 0.202. The smallest absolute Gasteiger partial charge is 0.262 e. The average Bonchev–Trinajstić information content (AvgIpc) is 2.80. The summed E-state index contributed by atoms with van der Waals surface area (Å²) >= 11 is 0. The minimum atomic E-state index is -0.212. The van der Waals surface area contributed by atoms with Crippen LogP contribution in [-0.2, 0) is 0 Å². The van der Waals surface area contributed by atoms with E-state index in [9.17, 15) is 9.18 Å². The van der Waals surface area contributed by atoms with E-state index in [2.05, 4.69) is 16.0 Å². The molecule has 0 spiro atoms. The molecular formula is C25H31FN4O. The molecule has 0 aromatic carbocycles. The van der Waals surface area contributed by atoms with Crippen LogP contribution in [-0.4, -0.2) is 39.9 Å². The van der Waals surface area contributed by atoms with Crippen molar-refractivity contribution < 1.29 is 9.18 Å². The summed E-state index contributed by atoms with van der Waals surface area (Å²) in [5, 5.41) is 0. The van der Waals surface area contributed by atoms with E-state index in [1.54, 1.807) is 17.2 Å². The molecule has 0 N–H and O–H groups in total. The van der Waals surface area contributed by atoms with Gasteiger partial charge in [-0.15, -0.1) is 0 Å². The lowest BCUT2D eigenvalue weighted by molar-refractivity contribution is 0.0760. The number of aromatic nitrogens is 2. The normalized spacial score (nSPS) is 19.1. The number of allylic oxidation sites excluding steroid dienone is 8. The number of anilines is 1. The number of halogens is 1. The van der Waals surface area contributed by atoms with Gasteiger partial charge in [-0.3, -0.25) is 4.79 Å². The second-order valence-corrected chi connectivity index (χ2v) is 8.63. The molecule has 4 rings (SSSR count). The van der Waals surface area contributed by atoms with E-state index in [0.717, 1.165) is 44.5 Å². The van der Waals surface area contributed by atoms with Crippen LogP contribution in [0.15, 0.2) is 48.1 Å². The first-order valence-electron chi connectivity index (χ1n) is 11.4. The van der Waals surface area contributed by atoms with Crippen LogP contribution >= 0.6 is 0 Å². The van der Waals surface area contributed by atoms with Crippen molar-refractivity contribution in [2.75, 3.05) is 18.0 Å².